The third-order valence-electron chi connectivity index (χ3n) is 4.20. The van der Waals surface area contributed by atoms with E-state index in [0.29, 0.717) is 11.5 Å². The van der Waals surface area contributed by atoms with E-state index in [4.69, 9.17) is 9.47 Å². The molecule has 0 aliphatic heterocycles. The molecule has 0 bridgehead atoms. The van der Waals surface area contributed by atoms with Gasteiger partial charge in [-0.2, -0.15) is 0 Å². The third-order valence-corrected chi connectivity index (χ3v) is 4.20. The molecule has 122 valence electrons. The van der Waals surface area contributed by atoms with E-state index >= 15 is 0 Å². The van der Waals surface area contributed by atoms with Crippen molar-refractivity contribution in [3.05, 3.63) is 84.4 Å². The van der Waals surface area contributed by atoms with E-state index in [0.717, 1.165) is 27.1 Å². The fourth-order valence-electron chi connectivity index (χ4n) is 3.00. The Labute approximate surface area is 145 Å². The van der Waals surface area contributed by atoms with Crippen LogP contribution in [-0.4, -0.2) is 6.16 Å². The first kappa shape index (κ1) is 15.2. The van der Waals surface area contributed by atoms with Crippen molar-refractivity contribution in [3.8, 4) is 11.5 Å². The van der Waals surface area contributed by atoms with Gasteiger partial charge in [0.2, 0.25) is 0 Å². The van der Waals surface area contributed by atoms with Crippen LogP contribution in [0.4, 0.5) is 4.79 Å². The Hall–Kier alpha value is -3.33. The summed E-state index contributed by atoms with van der Waals surface area (Å²) in [5.74, 6) is 0.978. The number of carbonyl (C=O) groups is 1. The molecule has 4 aromatic carbocycles. The minimum absolute atomic E-state index is 0.452. The van der Waals surface area contributed by atoms with Crippen LogP contribution < -0.4 is 9.47 Å². The van der Waals surface area contributed by atoms with Gasteiger partial charge < -0.3 is 9.47 Å². The molecule has 4 rings (SSSR count). The first-order chi connectivity index (χ1) is 12.2. The van der Waals surface area contributed by atoms with E-state index in [1.165, 1.54) is 0 Å². The molecule has 0 atom stereocenters. The van der Waals surface area contributed by atoms with Gasteiger partial charge in [-0.25, -0.2) is 4.79 Å². The number of hydrogen-bond donors (Lipinski definition) is 0. The maximum atomic E-state index is 12.3. The Morgan fingerprint density at radius 1 is 0.720 bits per heavy atom. The van der Waals surface area contributed by atoms with Crippen molar-refractivity contribution >= 4 is 27.7 Å². The van der Waals surface area contributed by atoms with Gasteiger partial charge in [0, 0.05) is 10.8 Å². The lowest BCUT2D eigenvalue weighted by Gasteiger charge is -2.13. The van der Waals surface area contributed by atoms with Gasteiger partial charge in [-0.05, 0) is 41.5 Å². The van der Waals surface area contributed by atoms with Gasteiger partial charge in [0.05, 0.1) is 0 Å². The van der Waals surface area contributed by atoms with Gasteiger partial charge in [0.1, 0.15) is 11.5 Å². The highest BCUT2D eigenvalue weighted by atomic mass is 16.7. The summed E-state index contributed by atoms with van der Waals surface area (Å²) in [5.41, 5.74) is 1.13. The van der Waals surface area contributed by atoms with Crippen molar-refractivity contribution in [1.82, 2.24) is 0 Å². The Morgan fingerprint density at radius 3 is 2.28 bits per heavy atom. The van der Waals surface area contributed by atoms with Crippen LogP contribution in [-0.2, 0) is 0 Å². The Morgan fingerprint density at radius 2 is 1.44 bits per heavy atom. The summed E-state index contributed by atoms with van der Waals surface area (Å²) in [4.78, 5) is 12.3. The van der Waals surface area contributed by atoms with Gasteiger partial charge in [-0.15, -0.1) is 0 Å². The largest absolute Gasteiger partial charge is 0.519 e. The number of benzene rings is 4. The molecule has 0 aliphatic carbocycles. The van der Waals surface area contributed by atoms with Crippen molar-refractivity contribution in [1.29, 1.82) is 0 Å². The second kappa shape index (κ2) is 6.29. The number of para-hydroxylation sites is 1. The molecule has 0 N–H and O–H groups in total. The Balaban J connectivity index is 1.81. The second-order valence-electron chi connectivity index (χ2n) is 5.86. The van der Waals surface area contributed by atoms with Gasteiger partial charge in [-0.3, -0.25) is 0 Å². The third kappa shape index (κ3) is 2.92. The van der Waals surface area contributed by atoms with Crippen LogP contribution in [0.5, 0.6) is 11.5 Å². The van der Waals surface area contributed by atoms with Gasteiger partial charge in [0.25, 0.3) is 0 Å². The standard InChI is InChI=1S/C22H16O3/c1-15-8-7-13-19-20(15)14-16-9-5-6-12-18(16)21(19)25-22(23)24-17-10-3-2-4-11-17/h2-14H,1H3. The summed E-state index contributed by atoms with van der Waals surface area (Å²) in [6, 6.07) is 24.8. The summed E-state index contributed by atoms with van der Waals surface area (Å²) in [5, 5.41) is 3.85. The van der Waals surface area contributed by atoms with E-state index in [-0.39, 0.29) is 0 Å². The number of rotatable bonds is 2. The highest BCUT2D eigenvalue weighted by molar-refractivity contribution is 6.07. The summed E-state index contributed by atoms with van der Waals surface area (Å²) in [7, 11) is 0. The fourth-order valence-corrected chi connectivity index (χ4v) is 3.00. The van der Waals surface area contributed by atoms with Crippen LogP contribution in [0.3, 0.4) is 0 Å². The van der Waals surface area contributed by atoms with Crippen LogP contribution >= 0.6 is 0 Å². The normalized spacial score (nSPS) is 10.8. The van der Waals surface area contributed by atoms with Crippen molar-refractivity contribution in [2.45, 2.75) is 6.92 Å². The van der Waals surface area contributed by atoms with E-state index in [9.17, 15) is 4.79 Å². The molecule has 3 heteroatoms. The molecule has 25 heavy (non-hydrogen) atoms. The molecule has 0 aliphatic rings. The molecule has 0 fully saturated rings. The lowest BCUT2D eigenvalue weighted by atomic mass is 9.99. The van der Waals surface area contributed by atoms with Crippen molar-refractivity contribution in [3.63, 3.8) is 0 Å². The lowest BCUT2D eigenvalue weighted by Crippen LogP contribution is -2.14. The molecule has 0 amide bonds. The predicted octanol–water partition coefficient (Wildman–Crippen LogP) is 5.88. The van der Waals surface area contributed by atoms with E-state index < -0.39 is 6.16 Å². The zero-order chi connectivity index (χ0) is 17.2. The number of aryl methyl sites for hydroxylation is 1. The first-order valence-corrected chi connectivity index (χ1v) is 8.08. The molecular weight excluding hydrogens is 312 g/mol. The quantitative estimate of drug-likeness (QED) is 0.262. The topological polar surface area (TPSA) is 35.5 Å². The Bertz CT molecular complexity index is 1070. The molecule has 3 nitrogen and oxygen atoms in total. The number of hydrogen-bond acceptors (Lipinski definition) is 3. The van der Waals surface area contributed by atoms with Gasteiger partial charge >= 0.3 is 6.16 Å². The number of fused-ring (bicyclic) bond motifs is 2. The summed E-state index contributed by atoms with van der Waals surface area (Å²) >= 11 is 0. The maximum Gasteiger partial charge on any atom is 0.519 e. The molecule has 4 aromatic rings. The van der Waals surface area contributed by atoms with Gasteiger partial charge in [-0.1, -0.05) is 60.7 Å². The monoisotopic (exact) mass is 328 g/mol. The van der Waals surface area contributed by atoms with E-state index in [1.807, 2.05) is 55.5 Å². The van der Waals surface area contributed by atoms with Crippen molar-refractivity contribution in [2.24, 2.45) is 0 Å². The Kier molecular flexibility index (Phi) is 3.82. The zero-order valence-electron chi connectivity index (χ0n) is 13.7. The SMILES string of the molecule is Cc1cccc2c(OC(=O)Oc3ccccc3)c3ccccc3cc12. The highest BCUT2D eigenvalue weighted by Gasteiger charge is 2.15. The summed E-state index contributed by atoms with van der Waals surface area (Å²) in [6.07, 6.45) is -0.745. The zero-order valence-corrected chi connectivity index (χ0v) is 13.7. The van der Waals surface area contributed by atoms with Crippen molar-refractivity contribution in [2.75, 3.05) is 0 Å². The minimum Gasteiger partial charge on any atom is -0.395 e. The maximum absolute atomic E-state index is 12.3. The summed E-state index contributed by atoms with van der Waals surface area (Å²) in [6.45, 7) is 2.04. The summed E-state index contributed by atoms with van der Waals surface area (Å²) < 4.78 is 10.9. The van der Waals surface area contributed by atoms with Crippen LogP contribution in [0.15, 0.2) is 78.9 Å². The number of carbonyl (C=O) groups excluding carboxylic acids is 1. The van der Waals surface area contributed by atoms with Crippen LogP contribution in [0, 0.1) is 6.92 Å². The van der Waals surface area contributed by atoms with E-state index in [1.54, 1.807) is 24.3 Å². The van der Waals surface area contributed by atoms with Crippen LogP contribution in [0.1, 0.15) is 5.56 Å². The van der Waals surface area contributed by atoms with Crippen molar-refractivity contribution < 1.29 is 14.3 Å². The molecule has 0 heterocycles. The predicted molar refractivity (Wildman–Crippen MR) is 99.3 cm³/mol. The molecule has 0 saturated heterocycles. The average molecular weight is 328 g/mol. The molecule has 0 spiro atoms. The number of ether oxygens (including phenoxy) is 2. The van der Waals surface area contributed by atoms with Gasteiger partial charge in [0.15, 0.2) is 0 Å². The molecular formula is C22H16O3. The average Bonchev–Trinajstić information content (AvgIpc) is 2.63. The van der Waals surface area contributed by atoms with Crippen LogP contribution in [0.2, 0.25) is 0 Å². The second-order valence-corrected chi connectivity index (χ2v) is 5.86. The minimum atomic E-state index is -0.745. The highest BCUT2D eigenvalue weighted by Crippen LogP contribution is 2.36. The fraction of sp³-hybridized carbons (Fsp3) is 0.0455. The van der Waals surface area contributed by atoms with Crippen LogP contribution in [0.25, 0.3) is 21.5 Å². The molecule has 0 radical (unpaired) electrons. The molecule has 0 saturated carbocycles. The molecule has 0 aromatic heterocycles. The molecule has 0 unspecified atom stereocenters. The lowest BCUT2D eigenvalue weighted by molar-refractivity contribution is 0.153. The first-order valence-electron chi connectivity index (χ1n) is 8.08. The smallest absolute Gasteiger partial charge is 0.395 e. The van der Waals surface area contributed by atoms with E-state index in [2.05, 4.69) is 6.07 Å².